The molecule has 2 heterocycles. The zero-order valence-electron chi connectivity index (χ0n) is 17.7. The zero-order valence-corrected chi connectivity index (χ0v) is 18.5. The number of para-hydroxylation sites is 1. The van der Waals surface area contributed by atoms with Crippen molar-refractivity contribution in [1.29, 1.82) is 0 Å². The molecule has 0 unspecified atom stereocenters. The number of nitrogens with zero attached hydrogens (tertiary/aromatic N) is 1. The molecule has 3 aromatic rings. The zero-order chi connectivity index (χ0) is 22.3. The highest BCUT2D eigenvalue weighted by Crippen LogP contribution is 2.26. The number of thiophene rings is 1. The second-order valence-corrected chi connectivity index (χ2v) is 8.95. The number of rotatable bonds is 7. The Morgan fingerprint density at radius 1 is 1.00 bits per heavy atom. The van der Waals surface area contributed by atoms with Gasteiger partial charge in [0, 0.05) is 16.5 Å². The van der Waals surface area contributed by atoms with Crippen LogP contribution in [0.1, 0.15) is 29.3 Å². The molecule has 1 aliphatic rings. The number of halogens is 1. The Labute approximate surface area is 191 Å². The van der Waals surface area contributed by atoms with Gasteiger partial charge in [-0.2, -0.15) is 0 Å². The van der Waals surface area contributed by atoms with Gasteiger partial charge in [0.2, 0.25) is 11.8 Å². The largest absolute Gasteiger partial charge is 0.343 e. The van der Waals surface area contributed by atoms with Gasteiger partial charge in [0.05, 0.1) is 12.6 Å². The minimum Gasteiger partial charge on any atom is -0.343 e. The third-order valence-electron chi connectivity index (χ3n) is 5.70. The summed E-state index contributed by atoms with van der Waals surface area (Å²) in [5.41, 5.74) is 1.65. The second kappa shape index (κ2) is 10.5. The molecule has 32 heavy (non-hydrogen) atoms. The molecule has 1 atom stereocenters. The van der Waals surface area contributed by atoms with Gasteiger partial charge in [0.25, 0.3) is 0 Å². The maximum Gasteiger partial charge on any atom is 0.234 e. The van der Waals surface area contributed by atoms with Gasteiger partial charge in [0.1, 0.15) is 5.82 Å². The molecule has 0 saturated carbocycles. The van der Waals surface area contributed by atoms with E-state index in [0.717, 1.165) is 29.0 Å². The van der Waals surface area contributed by atoms with Crippen LogP contribution < -0.4 is 10.6 Å². The van der Waals surface area contributed by atoms with E-state index >= 15 is 0 Å². The first-order valence-corrected chi connectivity index (χ1v) is 11.6. The molecule has 5 nitrogen and oxygen atoms in total. The van der Waals surface area contributed by atoms with E-state index in [0.29, 0.717) is 13.1 Å². The summed E-state index contributed by atoms with van der Waals surface area (Å²) in [4.78, 5) is 28.4. The van der Waals surface area contributed by atoms with Crippen molar-refractivity contribution in [2.75, 3.05) is 25.0 Å². The molecular weight excluding hydrogens is 425 g/mol. The van der Waals surface area contributed by atoms with Gasteiger partial charge >= 0.3 is 0 Å². The van der Waals surface area contributed by atoms with E-state index in [4.69, 9.17) is 0 Å². The van der Waals surface area contributed by atoms with Crippen LogP contribution in [-0.4, -0.2) is 36.3 Å². The standard InChI is InChI=1S/C25H26FN3O2S/c26-20-10-8-18(9-11-20)24(22-7-4-16-32-22)28-23(30)17-29-14-12-19(13-15-29)25(31)27-21-5-2-1-3-6-21/h1-11,16,19,24H,12-15,17H2,(H,27,31)(H,28,30)/t24-/m1/s1. The molecule has 1 aromatic heterocycles. The van der Waals surface area contributed by atoms with E-state index in [1.165, 1.54) is 12.1 Å². The molecule has 2 aromatic carbocycles. The molecule has 4 rings (SSSR count). The Kier molecular flexibility index (Phi) is 7.29. The molecular formula is C25H26FN3O2S. The number of hydrogen-bond donors (Lipinski definition) is 2. The Balaban J connectivity index is 1.30. The number of amides is 2. The smallest absolute Gasteiger partial charge is 0.234 e. The van der Waals surface area contributed by atoms with E-state index < -0.39 is 0 Å². The van der Waals surface area contributed by atoms with Crippen LogP contribution >= 0.6 is 11.3 Å². The lowest BCUT2D eigenvalue weighted by Gasteiger charge is -2.31. The number of piperidine rings is 1. The van der Waals surface area contributed by atoms with E-state index in [-0.39, 0.29) is 36.1 Å². The number of hydrogen-bond acceptors (Lipinski definition) is 4. The van der Waals surface area contributed by atoms with Crippen LogP contribution in [-0.2, 0) is 9.59 Å². The predicted octanol–water partition coefficient (Wildman–Crippen LogP) is 4.44. The fraction of sp³-hybridized carbons (Fsp3) is 0.280. The first-order chi connectivity index (χ1) is 15.6. The van der Waals surface area contributed by atoms with Crippen molar-refractivity contribution < 1.29 is 14.0 Å². The molecule has 0 aliphatic carbocycles. The fourth-order valence-corrected chi connectivity index (χ4v) is 4.76. The topological polar surface area (TPSA) is 61.4 Å². The lowest BCUT2D eigenvalue weighted by atomic mass is 9.95. The fourth-order valence-electron chi connectivity index (χ4n) is 3.96. The molecule has 1 aliphatic heterocycles. The lowest BCUT2D eigenvalue weighted by Crippen LogP contribution is -2.44. The van der Waals surface area contributed by atoms with Crippen LogP contribution in [0.5, 0.6) is 0 Å². The minimum absolute atomic E-state index is 0.0365. The number of likely N-dealkylation sites (tertiary alicyclic amines) is 1. The Hall–Kier alpha value is -3.03. The number of carbonyl (C=O) groups excluding carboxylic acids is 2. The van der Waals surface area contributed by atoms with Gasteiger partial charge in [-0.25, -0.2) is 4.39 Å². The molecule has 1 saturated heterocycles. The summed E-state index contributed by atoms with van der Waals surface area (Å²) >= 11 is 1.56. The Morgan fingerprint density at radius 2 is 1.72 bits per heavy atom. The SMILES string of the molecule is O=C(CN1CCC(C(=O)Nc2ccccc2)CC1)N[C@H](c1ccc(F)cc1)c1cccs1. The summed E-state index contributed by atoms with van der Waals surface area (Å²) in [6.45, 7) is 1.66. The van der Waals surface area contributed by atoms with E-state index in [1.807, 2.05) is 47.8 Å². The normalized spacial score (nSPS) is 15.8. The van der Waals surface area contributed by atoms with E-state index in [9.17, 15) is 14.0 Å². The van der Waals surface area contributed by atoms with Crippen LogP contribution in [0.3, 0.4) is 0 Å². The maximum absolute atomic E-state index is 13.4. The summed E-state index contributed by atoms with van der Waals surface area (Å²) < 4.78 is 13.4. The summed E-state index contributed by atoms with van der Waals surface area (Å²) in [6, 6.07) is 19.3. The molecule has 2 amide bonds. The monoisotopic (exact) mass is 451 g/mol. The highest BCUT2D eigenvalue weighted by atomic mass is 32.1. The average molecular weight is 452 g/mol. The van der Waals surface area contributed by atoms with E-state index in [1.54, 1.807) is 23.5 Å². The maximum atomic E-state index is 13.4. The molecule has 2 N–H and O–H groups in total. The van der Waals surface area contributed by atoms with Gasteiger partial charge in [-0.15, -0.1) is 11.3 Å². The average Bonchev–Trinajstić information content (AvgIpc) is 3.34. The number of nitrogens with one attached hydrogen (secondary N) is 2. The van der Waals surface area contributed by atoms with Crippen molar-refractivity contribution >= 4 is 28.8 Å². The number of benzene rings is 2. The molecule has 1 fully saturated rings. The second-order valence-electron chi connectivity index (χ2n) is 7.97. The first kappa shape index (κ1) is 22.2. The minimum atomic E-state index is -0.308. The van der Waals surface area contributed by atoms with Gasteiger partial charge in [-0.1, -0.05) is 36.4 Å². The van der Waals surface area contributed by atoms with Crippen LogP contribution in [0.4, 0.5) is 10.1 Å². The van der Waals surface area contributed by atoms with Crippen LogP contribution in [0.2, 0.25) is 0 Å². The van der Waals surface area contributed by atoms with Crippen molar-refractivity contribution in [3.05, 3.63) is 88.4 Å². The van der Waals surface area contributed by atoms with Crippen molar-refractivity contribution in [2.45, 2.75) is 18.9 Å². The molecule has 0 bridgehead atoms. The molecule has 0 radical (unpaired) electrons. The van der Waals surface area contributed by atoms with Crippen LogP contribution in [0, 0.1) is 11.7 Å². The third kappa shape index (κ3) is 5.81. The summed E-state index contributed by atoms with van der Waals surface area (Å²) in [5.74, 6) is -0.397. The van der Waals surface area contributed by atoms with Crippen LogP contribution in [0.15, 0.2) is 72.1 Å². The molecule has 7 heteroatoms. The number of carbonyl (C=O) groups is 2. The van der Waals surface area contributed by atoms with Crippen molar-refractivity contribution in [3.63, 3.8) is 0 Å². The summed E-state index contributed by atoms with van der Waals surface area (Å²) in [7, 11) is 0. The lowest BCUT2D eigenvalue weighted by molar-refractivity contribution is -0.123. The van der Waals surface area contributed by atoms with Gasteiger partial charge < -0.3 is 10.6 Å². The Morgan fingerprint density at radius 3 is 2.38 bits per heavy atom. The molecule has 166 valence electrons. The summed E-state index contributed by atoms with van der Waals surface area (Å²) in [6.07, 6.45) is 1.44. The van der Waals surface area contributed by atoms with Gasteiger partial charge in [-0.05, 0) is 67.2 Å². The van der Waals surface area contributed by atoms with E-state index in [2.05, 4.69) is 15.5 Å². The van der Waals surface area contributed by atoms with Gasteiger partial charge in [-0.3, -0.25) is 14.5 Å². The van der Waals surface area contributed by atoms with Gasteiger partial charge in [0.15, 0.2) is 0 Å². The first-order valence-electron chi connectivity index (χ1n) is 10.7. The number of anilines is 1. The highest BCUT2D eigenvalue weighted by molar-refractivity contribution is 7.10. The Bertz CT molecular complexity index is 1020. The predicted molar refractivity (Wildman–Crippen MR) is 125 cm³/mol. The van der Waals surface area contributed by atoms with Crippen molar-refractivity contribution in [3.8, 4) is 0 Å². The van der Waals surface area contributed by atoms with Crippen molar-refractivity contribution in [2.24, 2.45) is 5.92 Å². The van der Waals surface area contributed by atoms with Crippen LogP contribution in [0.25, 0.3) is 0 Å². The molecule has 0 spiro atoms. The quantitative estimate of drug-likeness (QED) is 0.558. The summed E-state index contributed by atoms with van der Waals surface area (Å²) in [5, 5.41) is 8.03. The van der Waals surface area contributed by atoms with Crippen molar-refractivity contribution in [1.82, 2.24) is 10.2 Å². The highest BCUT2D eigenvalue weighted by Gasteiger charge is 2.27. The third-order valence-corrected chi connectivity index (χ3v) is 6.64.